The lowest BCUT2D eigenvalue weighted by molar-refractivity contribution is 0.641. The Morgan fingerprint density at radius 3 is 3.00 bits per heavy atom. The second-order valence-corrected chi connectivity index (χ2v) is 2.23. The van der Waals surface area contributed by atoms with E-state index in [-0.39, 0.29) is 0 Å². The van der Waals surface area contributed by atoms with E-state index in [0.29, 0.717) is 5.92 Å². The van der Waals surface area contributed by atoms with Gasteiger partial charge >= 0.3 is 0 Å². The van der Waals surface area contributed by atoms with Crippen molar-refractivity contribution in [1.82, 2.24) is 5.32 Å². The van der Waals surface area contributed by atoms with Gasteiger partial charge in [-0.05, 0) is 13.1 Å². The van der Waals surface area contributed by atoms with Crippen molar-refractivity contribution in [2.75, 3.05) is 13.1 Å². The Balaban J connectivity index is 2.46. The molecule has 2 nitrogen and oxygen atoms in total. The highest BCUT2D eigenvalue weighted by Gasteiger charge is 2.11. The maximum atomic E-state index is 5.44. The second kappa shape index (κ2) is 2.18. The predicted molar refractivity (Wildman–Crippen MR) is 34.3 cm³/mol. The minimum atomic E-state index is 0.593. The third-order valence-corrected chi connectivity index (χ3v) is 1.62. The minimum Gasteiger partial charge on any atom is -0.390 e. The summed E-state index contributed by atoms with van der Waals surface area (Å²) in [6.07, 6.45) is 2.04. The van der Waals surface area contributed by atoms with Crippen LogP contribution in [0.3, 0.4) is 0 Å². The van der Waals surface area contributed by atoms with E-state index in [0.717, 1.165) is 13.1 Å². The van der Waals surface area contributed by atoms with E-state index in [9.17, 15) is 0 Å². The first-order chi connectivity index (χ1) is 3.84. The Morgan fingerprint density at radius 2 is 2.75 bits per heavy atom. The second-order valence-electron chi connectivity index (χ2n) is 2.23. The van der Waals surface area contributed by atoms with Crippen molar-refractivity contribution >= 4 is 0 Å². The van der Waals surface area contributed by atoms with Gasteiger partial charge in [0.15, 0.2) is 0 Å². The van der Waals surface area contributed by atoms with Crippen LogP contribution in [0.15, 0.2) is 11.8 Å². The first-order valence-electron chi connectivity index (χ1n) is 2.94. The van der Waals surface area contributed by atoms with Crippen LogP contribution in [0.2, 0.25) is 0 Å². The first-order valence-corrected chi connectivity index (χ1v) is 2.94. The van der Waals surface area contributed by atoms with Gasteiger partial charge in [0.1, 0.15) is 0 Å². The Bertz CT molecular complexity index is 107. The van der Waals surface area contributed by atoms with Crippen LogP contribution < -0.4 is 11.1 Å². The molecular weight excluding hydrogens is 100 g/mol. The van der Waals surface area contributed by atoms with Gasteiger partial charge in [0.2, 0.25) is 0 Å². The molecule has 0 bridgehead atoms. The van der Waals surface area contributed by atoms with E-state index in [4.69, 9.17) is 5.73 Å². The van der Waals surface area contributed by atoms with E-state index in [1.54, 1.807) is 0 Å². The third kappa shape index (κ3) is 0.842. The van der Waals surface area contributed by atoms with E-state index in [1.807, 2.05) is 6.20 Å². The maximum Gasteiger partial charge on any atom is 0.0219 e. The summed E-state index contributed by atoms with van der Waals surface area (Å²) >= 11 is 0. The number of nitrogens with two attached hydrogens (primary N) is 1. The molecule has 1 aliphatic heterocycles. The van der Waals surface area contributed by atoms with Gasteiger partial charge in [-0.1, -0.05) is 5.57 Å². The monoisotopic (exact) mass is 112 g/mol. The number of nitrogens with one attached hydrogen (secondary N) is 1. The molecule has 0 unspecified atom stereocenters. The molecule has 1 atom stereocenters. The van der Waals surface area contributed by atoms with E-state index < -0.39 is 0 Å². The van der Waals surface area contributed by atoms with Crippen LogP contribution in [-0.2, 0) is 0 Å². The molecule has 2 heteroatoms. The van der Waals surface area contributed by atoms with Crippen LogP contribution in [0.1, 0.15) is 6.92 Å². The highest BCUT2D eigenvalue weighted by atomic mass is 14.9. The van der Waals surface area contributed by atoms with Crippen LogP contribution in [0.25, 0.3) is 0 Å². The molecule has 46 valence electrons. The molecular formula is C6H12N2. The molecule has 1 rings (SSSR count). The molecule has 0 amide bonds. The minimum absolute atomic E-state index is 0.593. The normalized spacial score (nSPS) is 27.2. The molecule has 0 aromatic carbocycles. The van der Waals surface area contributed by atoms with Gasteiger partial charge in [0.25, 0.3) is 0 Å². The third-order valence-electron chi connectivity index (χ3n) is 1.62. The van der Waals surface area contributed by atoms with Gasteiger partial charge in [-0.15, -0.1) is 0 Å². The summed E-state index contributed by atoms with van der Waals surface area (Å²) in [4.78, 5) is 0. The van der Waals surface area contributed by atoms with Crippen molar-refractivity contribution in [3.05, 3.63) is 11.8 Å². The molecule has 0 aliphatic carbocycles. The van der Waals surface area contributed by atoms with Crippen molar-refractivity contribution in [3.63, 3.8) is 0 Å². The van der Waals surface area contributed by atoms with E-state index >= 15 is 0 Å². The van der Waals surface area contributed by atoms with Gasteiger partial charge in [-0.2, -0.15) is 0 Å². The fraction of sp³-hybridized carbons (Fsp3) is 0.667. The Hall–Kier alpha value is -0.500. The molecule has 0 saturated heterocycles. The smallest absolute Gasteiger partial charge is 0.0219 e. The zero-order valence-corrected chi connectivity index (χ0v) is 5.15. The summed E-state index contributed by atoms with van der Waals surface area (Å²) in [5.74, 6) is 0.593. The molecule has 0 aromatic rings. The molecule has 0 radical (unpaired) electrons. The Labute approximate surface area is 49.8 Å². The van der Waals surface area contributed by atoms with E-state index in [2.05, 4.69) is 12.2 Å². The van der Waals surface area contributed by atoms with Crippen LogP contribution in [0.4, 0.5) is 0 Å². The van der Waals surface area contributed by atoms with Gasteiger partial charge in [-0.25, -0.2) is 0 Å². The SMILES string of the molecule is CC1=CNC[C@@H]1CN. The maximum absolute atomic E-state index is 5.44. The average Bonchev–Trinajstić information content (AvgIpc) is 2.14. The summed E-state index contributed by atoms with van der Waals surface area (Å²) < 4.78 is 0. The van der Waals surface area contributed by atoms with Crippen molar-refractivity contribution in [3.8, 4) is 0 Å². The van der Waals surface area contributed by atoms with Gasteiger partial charge < -0.3 is 11.1 Å². The van der Waals surface area contributed by atoms with Crippen molar-refractivity contribution in [2.45, 2.75) is 6.92 Å². The standard InChI is InChI=1S/C6H12N2/c1-5-3-8-4-6(5)2-7/h3,6,8H,2,4,7H2,1H3/t6-/m0/s1. The van der Waals surface area contributed by atoms with Crippen LogP contribution in [0, 0.1) is 5.92 Å². The zero-order valence-electron chi connectivity index (χ0n) is 5.15. The zero-order chi connectivity index (χ0) is 5.98. The fourth-order valence-electron chi connectivity index (χ4n) is 0.910. The Morgan fingerprint density at radius 1 is 2.00 bits per heavy atom. The molecule has 3 N–H and O–H groups in total. The number of rotatable bonds is 1. The highest BCUT2D eigenvalue weighted by Crippen LogP contribution is 2.10. The number of hydrogen-bond acceptors (Lipinski definition) is 2. The van der Waals surface area contributed by atoms with Gasteiger partial charge in [-0.3, -0.25) is 0 Å². The molecule has 8 heavy (non-hydrogen) atoms. The molecule has 0 spiro atoms. The quantitative estimate of drug-likeness (QED) is 0.503. The average molecular weight is 112 g/mol. The molecule has 1 heterocycles. The lowest BCUT2D eigenvalue weighted by atomic mass is 10.1. The van der Waals surface area contributed by atoms with Gasteiger partial charge in [0, 0.05) is 19.0 Å². The summed E-state index contributed by atoms with van der Waals surface area (Å²) in [7, 11) is 0. The van der Waals surface area contributed by atoms with Crippen molar-refractivity contribution in [1.29, 1.82) is 0 Å². The highest BCUT2D eigenvalue weighted by molar-refractivity contribution is 5.09. The Kier molecular flexibility index (Phi) is 1.53. The molecule has 1 aliphatic rings. The van der Waals surface area contributed by atoms with Crippen LogP contribution in [0.5, 0.6) is 0 Å². The molecule has 0 saturated carbocycles. The summed E-state index contributed by atoms with van der Waals surface area (Å²) in [5.41, 5.74) is 6.83. The molecule has 0 aromatic heterocycles. The largest absolute Gasteiger partial charge is 0.390 e. The molecule has 0 fully saturated rings. The van der Waals surface area contributed by atoms with Crippen LogP contribution >= 0.6 is 0 Å². The van der Waals surface area contributed by atoms with Crippen molar-refractivity contribution < 1.29 is 0 Å². The summed E-state index contributed by atoms with van der Waals surface area (Å²) in [5, 5.41) is 3.13. The predicted octanol–water partition coefficient (Wildman–Crippen LogP) is 0.0683. The van der Waals surface area contributed by atoms with E-state index in [1.165, 1.54) is 5.57 Å². The van der Waals surface area contributed by atoms with Crippen LogP contribution in [-0.4, -0.2) is 13.1 Å². The summed E-state index contributed by atoms with van der Waals surface area (Å²) in [6, 6.07) is 0. The first kappa shape index (κ1) is 5.63. The topological polar surface area (TPSA) is 38.0 Å². The lowest BCUT2D eigenvalue weighted by Crippen LogP contribution is -2.19. The lowest BCUT2D eigenvalue weighted by Gasteiger charge is -2.04. The van der Waals surface area contributed by atoms with Gasteiger partial charge in [0.05, 0.1) is 0 Å². The fourth-order valence-corrected chi connectivity index (χ4v) is 0.910. The van der Waals surface area contributed by atoms with Crippen molar-refractivity contribution in [2.24, 2.45) is 11.7 Å². The summed E-state index contributed by atoms with van der Waals surface area (Å²) in [6.45, 7) is 3.91. The number of hydrogen-bond donors (Lipinski definition) is 2.